The van der Waals surface area contributed by atoms with Gasteiger partial charge < -0.3 is 15.3 Å². The van der Waals surface area contributed by atoms with Gasteiger partial charge in [-0.05, 0) is 63.8 Å². The van der Waals surface area contributed by atoms with Crippen LogP contribution < -0.4 is 20.0 Å². The first-order chi connectivity index (χ1) is 22.9. The van der Waals surface area contributed by atoms with Gasteiger partial charge in [-0.3, -0.25) is 19.0 Å². The molecule has 5 aromatic rings. The van der Waals surface area contributed by atoms with E-state index in [4.69, 9.17) is 16.7 Å². The highest BCUT2D eigenvalue weighted by Gasteiger charge is 2.46. The maximum Gasteiger partial charge on any atom is 0.325 e. The molecule has 2 heterocycles. The Morgan fingerprint density at radius 1 is 0.936 bits per heavy atom. The summed E-state index contributed by atoms with van der Waals surface area (Å²) in [6, 6.07) is 34.0. The van der Waals surface area contributed by atoms with Gasteiger partial charge in [0, 0.05) is 5.69 Å². The third-order valence-electron chi connectivity index (χ3n) is 7.61. The van der Waals surface area contributed by atoms with E-state index in [0.717, 1.165) is 11.1 Å². The van der Waals surface area contributed by atoms with Gasteiger partial charge in [0.15, 0.2) is 12.2 Å². The maximum atomic E-state index is 13.9. The van der Waals surface area contributed by atoms with Crippen molar-refractivity contribution < 1.29 is 23.9 Å². The number of aromatic nitrogens is 2. The van der Waals surface area contributed by atoms with Crippen molar-refractivity contribution in [1.82, 2.24) is 10.2 Å². The molecule has 1 aromatic heterocycles. The average Bonchev–Trinajstić information content (AvgIpc) is 3.55. The fourth-order valence-electron chi connectivity index (χ4n) is 5.14. The molecular weight excluding hydrogens is 613 g/mol. The lowest BCUT2D eigenvalue weighted by Crippen LogP contribution is -2.42. The van der Waals surface area contributed by atoms with Crippen molar-refractivity contribution in [2.75, 3.05) is 10.2 Å². The smallest absolute Gasteiger partial charge is 0.325 e. The van der Waals surface area contributed by atoms with Crippen molar-refractivity contribution in [2.45, 2.75) is 19.0 Å². The number of aliphatic imine (C=N–C) groups is 1. The quantitative estimate of drug-likeness (QED) is 0.0776. The van der Waals surface area contributed by atoms with Crippen molar-refractivity contribution in [3.8, 4) is 0 Å². The lowest BCUT2D eigenvalue weighted by atomic mass is 10.1. The van der Waals surface area contributed by atoms with Crippen molar-refractivity contribution in [3.05, 3.63) is 138 Å². The lowest BCUT2D eigenvalue weighted by Gasteiger charge is -2.22. The number of carbonyl (C=O) groups excluding carboxylic acids is 2. The molecule has 1 atom stereocenters. The van der Waals surface area contributed by atoms with Gasteiger partial charge in [-0.2, -0.15) is 0 Å². The van der Waals surface area contributed by atoms with Crippen molar-refractivity contribution in [3.63, 3.8) is 0 Å². The monoisotopic (exact) mass is 642 g/mol. The molecule has 47 heavy (non-hydrogen) atoms. The number of rotatable bonds is 10. The summed E-state index contributed by atoms with van der Waals surface area (Å²) in [6.45, 7) is 0.00913. The zero-order valence-corrected chi connectivity index (χ0v) is 26.2. The number of thiocarbonyl (C=S) groups is 1. The molecule has 10 nitrogen and oxygen atoms in total. The Morgan fingerprint density at radius 3 is 2.19 bits per heavy atom. The zero-order chi connectivity index (χ0) is 32.8. The fourth-order valence-corrected chi connectivity index (χ4v) is 5.53. The van der Waals surface area contributed by atoms with Gasteiger partial charge in [0.25, 0.3) is 11.6 Å². The summed E-state index contributed by atoms with van der Waals surface area (Å²) in [5, 5.41) is 19.9. The number of carbonyl (C=O) groups is 2. The first kappa shape index (κ1) is 31.1. The van der Waals surface area contributed by atoms with Gasteiger partial charge in [0.2, 0.25) is 11.2 Å². The molecule has 1 fully saturated rings. The molecule has 1 aliphatic rings. The molecule has 1 saturated heterocycles. The Bertz CT molecular complexity index is 1940. The van der Waals surface area contributed by atoms with Crippen molar-refractivity contribution in [2.24, 2.45) is 12.0 Å². The molecule has 11 heteroatoms. The van der Waals surface area contributed by atoms with E-state index in [9.17, 15) is 14.7 Å². The predicted octanol–water partition coefficient (Wildman–Crippen LogP) is 4.64. The van der Waals surface area contributed by atoms with Crippen LogP contribution in [0.15, 0.2) is 125 Å². The highest BCUT2D eigenvalue weighted by molar-refractivity contribution is 7.80. The topological polar surface area (TPSA) is 118 Å². The number of hydrogen-bond donors (Lipinski definition) is 1. The fraction of sp³-hybridized carbons (Fsp3) is 0.111. The zero-order valence-electron chi connectivity index (χ0n) is 25.4. The molecule has 234 valence electrons. The lowest BCUT2D eigenvalue weighted by molar-refractivity contribution is -0.746. The average molecular weight is 643 g/mol. The van der Waals surface area contributed by atoms with Crippen LogP contribution in [-0.2, 0) is 23.2 Å². The van der Waals surface area contributed by atoms with E-state index in [1.807, 2.05) is 72.8 Å². The third-order valence-corrected chi connectivity index (χ3v) is 8.02. The molecule has 1 unspecified atom stereocenters. The highest BCUT2D eigenvalue weighted by atomic mass is 32.1. The molecule has 0 spiro atoms. The molecule has 2 amide bonds. The molecule has 0 aliphatic carbocycles. The Morgan fingerprint density at radius 2 is 1.53 bits per heavy atom. The van der Waals surface area contributed by atoms with E-state index in [0.29, 0.717) is 22.6 Å². The second kappa shape index (κ2) is 14.0. The Hall–Kier alpha value is -5.94. The summed E-state index contributed by atoms with van der Waals surface area (Å²) in [5.41, 5.74) is 4.02. The van der Waals surface area contributed by atoms with Crippen LogP contribution in [0.25, 0.3) is 12.2 Å². The van der Waals surface area contributed by atoms with Gasteiger partial charge in [0.05, 0.1) is 12.1 Å². The minimum atomic E-state index is -0.941. The third kappa shape index (κ3) is 7.15. The van der Waals surface area contributed by atoms with Crippen LogP contribution in [0.4, 0.5) is 17.3 Å². The SMILES string of the molecule is C[n+]1noc(/N=C(\[O-])c2ccccc2)c1CN1C(=S)N(c2ccccc2)C(=O)C1CC(=O)Nc1ccc(/C=C/c2ccccc2)cc1. The molecule has 1 N–H and O–H groups in total. The van der Waals surface area contributed by atoms with Crippen molar-refractivity contribution >= 4 is 64.5 Å². The summed E-state index contributed by atoms with van der Waals surface area (Å²) in [7, 11) is 1.64. The maximum absolute atomic E-state index is 13.9. The van der Waals surface area contributed by atoms with Crippen LogP contribution in [0.1, 0.15) is 28.8 Å². The van der Waals surface area contributed by atoms with Crippen LogP contribution in [0.5, 0.6) is 0 Å². The van der Waals surface area contributed by atoms with E-state index in [1.54, 1.807) is 66.5 Å². The summed E-state index contributed by atoms with van der Waals surface area (Å²) in [4.78, 5) is 34.5. The number of benzene rings is 4. The van der Waals surface area contributed by atoms with Gasteiger partial charge >= 0.3 is 5.88 Å². The van der Waals surface area contributed by atoms with Crippen LogP contribution in [0, 0.1) is 0 Å². The van der Waals surface area contributed by atoms with Crippen LogP contribution in [-0.4, -0.2) is 39.0 Å². The minimum absolute atomic E-state index is 0.00913. The van der Waals surface area contributed by atoms with E-state index in [1.165, 1.54) is 9.58 Å². The second-order valence-electron chi connectivity index (χ2n) is 10.8. The summed E-state index contributed by atoms with van der Waals surface area (Å²) in [5.74, 6) is -1.24. The molecule has 6 rings (SSSR count). The standard InChI is InChI=1S/C36H30N6O4S/c1-40-31(34(46-39-40)38-33(44)27-13-7-3-8-14-27)24-41-30(35(45)42(36(41)47)29-15-9-4-10-16-29)23-32(43)37-28-21-19-26(20-22-28)18-17-25-11-5-2-6-12-25/h2-22,30H,23-24H2,1H3,(H-,37,38,39,43,44)/b18-17+. The highest BCUT2D eigenvalue weighted by Crippen LogP contribution is 2.30. The summed E-state index contributed by atoms with van der Waals surface area (Å²) in [6.07, 6.45) is 3.83. The predicted molar refractivity (Wildman–Crippen MR) is 181 cm³/mol. The number of hydrogen-bond acceptors (Lipinski definition) is 7. The number of nitrogens with zero attached hydrogens (tertiary/aromatic N) is 5. The van der Waals surface area contributed by atoms with E-state index in [-0.39, 0.29) is 35.8 Å². The first-order valence-electron chi connectivity index (χ1n) is 14.9. The number of aryl methyl sites for hydroxylation is 1. The van der Waals surface area contributed by atoms with Crippen LogP contribution in [0.2, 0.25) is 0 Å². The molecule has 0 bridgehead atoms. The van der Waals surface area contributed by atoms with Crippen LogP contribution in [0.3, 0.4) is 0 Å². The minimum Gasteiger partial charge on any atom is -0.858 e. The number of para-hydroxylation sites is 1. The van der Waals surface area contributed by atoms with Gasteiger partial charge in [-0.1, -0.05) is 103 Å². The Kier molecular flexibility index (Phi) is 9.26. The largest absolute Gasteiger partial charge is 0.858 e. The number of anilines is 2. The first-order valence-corrected chi connectivity index (χ1v) is 15.3. The molecular formula is C36H30N6O4S. The summed E-state index contributed by atoms with van der Waals surface area (Å²) >= 11 is 5.81. The second-order valence-corrected chi connectivity index (χ2v) is 11.2. The summed E-state index contributed by atoms with van der Waals surface area (Å²) < 4.78 is 6.82. The molecule has 4 aromatic carbocycles. The van der Waals surface area contributed by atoms with Gasteiger partial charge in [-0.15, -0.1) is 0 Å². The number of nitrogens with one attached hydrogen (secondary N) is 1. The van der Waals surface area contributed by atoms with E-state index >= 15 is 0 Å². The van der Waals surface area contributed by atoms with Gasteiger partial charge in [0.1, 0.15) is 12.6 Å². The molecule has 1 aliphatic heterocycles. The van der Waals surface area contributed by atoms with E-state index < -0.39 is 11.9 Å². The Labute approximate surface area is 276 Å². The van der Waals surface area contributed by atoms with E-state index in [2.05, 4.69) is 15.6 Å². The normalized spacial score (nSPS) is 15.1. The number of amides is 2. The Balaban J connectivity index is 1.22. The van der Waals surface area contributed by atoms with Crippen molar-refractivity contribution in [1.29, 1.82) is 0 Å². The molecule has 0 saturated carbocycles. The van der Waals surface area contributed by atoms with Gasteiger partial charge in [-0.25, -0.2) is 4.99 Å². The van der Waals surface area contributed by atoms with Crippen LogP contribution >= 0.6 is 12.2 Å². The molecule has 0 radical (unpaired) electrons.